The van der Waals surface area contributed by atoms with Gasteiger partial charge in [-0.25, -0.2) is 27.8 Å². The molecule has 2 atom stereocenters. The molecule has 0 radical (unpaired) electrons. The number of rotatable bonds is 10. The first-order valence-corrected chi connectivity index (χ1v) is 17.3. The number of hydrogen-bond acceptors (Lipinski definition) is 13. The number of aromatic nitrogens is 10. The van der Waals surface area contributed by atoms with E-state index in [1.807, 2.05) is 44.3 Å². The van der Waals surface area contributed by atoms with Crippen LogP contribution < -0.4 is 34.8 Å². The smallest absolute Gasteiger partial charge is 0.309 e. The molecule has 0 spiro atoms. The van der Waals surface area contributed by atoms with Crippen molar-refractivity contribution in [3.63, 3.8) is 0 Å². The minimum atomic E-state index is -0.950. The number of fused-ring (bicyclic) bond motifs is 2. The first-order valence-electron chi connectivity index (χ1n) is 17.3. The number of alkyl halides is 2. The van der Waals surface area contributed by atoms with E-state index in [0.29, 0.717) is 54.7 Å². The third-order valence-corrected chi connectivity index (χ3v) is 9.34. The average Bonchev–Trinajstić information content (AvgIpc) is 3.98. The van der Waals surface area contributed by atoms with E-state index >= 15 is 0 Å². The quantitative estimate of drug-likeness (QED) is 0.196. The molecule has 8 rings (SSSR count). The highest BCUT2D eigenvalue weighted by Crippen LogP contribution is 2.23. The predicted octanol–water partition coefficient (Wildman–Crippen LogP) is 2.01. The van der Waals surface area contributed by atoms with E-state index in [0.717, 1.165) is 5.69 Å². The monoisotopic (exact) mass is 739 g/mol. The van der Waals surface area contributed by atoms with Gasteiger partial charge in [0.05, 0.1) is 31.2 Å². The van der Waals surface area contributed by atoms with Crippen molar-refractivity contribution in [3.8, 4) is 0 Å². The molecule has 2 aliphatic rings. The van der Waals surface area contributed by atoms with Crippen LogP contribution in [0.3, 0.4) is 0 Å². The Balaban J connectivity index is 1.04. The third kappa shape index (κ3) is 6.84. The number of carbonyl (C=O) groups is 2. The lowest BCUT2D eigenvalue weighted by Gasteiger charge is -2.17. The normalized spacial score (nSPS) is 17.1. The van der Waals surface area contributed by atoms with Crippen molar-refractivity contribution in [2.45, 2.75) is 31.9 Å². The molecule has 2 fully saturated rings. The van der Waals surface area contributed by atoms with E-state index in [1.54, 1.807) is 49.8 Å². The van der Waals surface area contributed by atoms with Crippen molar-refractivity contribution in [2.75, 3.05) is 77.6 Å². The van der Waals surface area contributed by atoms with Crippen molar-refractivity contribution in [1.29, 1.82) is 0 Å². The SMILES string of the molecule is CN(C)c1cnnc(NC(=O)c2c[n+](CN(C)c3ccnc(NC(=O)c4cnc5ccc(N6CC[C@H](F)C6)nn45)n3)c3ccc(N4CC[C@H](F)C4)nn23)c1. The minimum Gasteiger partial charge on any atom is -0.376 e. The molecule has 2 N–H and O–H groups in total. The van der Waals surface area contributed by atoms with E-state index in [-0.39, 0.29) is 42.9 Å². The second-order valence-corrected chi connectivity index (χ2v) is 13.4. The second-order valence-electron chi connectivity index (χ2n) is 13.4. The molecule has 54 heavy (non-hydrogen) atoms. The number of carbonyl (C=O) groups excluding carboxylic acids is 2. The lowest BCUT2D eigenvalue weighted by molar-refractivity contribution is -0.669. The van der Waals surface area contributed by atoms with Gasteiger partial charge in [0.15, 0.2) is 29.6 Å². The van der Waals surface area contributed by atoms with Crippen molar-refractivity contribution in [3.05, 3.63) is 72.6 Å². The van der Waals surface area contributed by atoms with Gasteiger partial charge in [-0.1, -0.05) is 9.61 Å². The molecule has 0 bridgehead atoms. The second kappa shape index (κ2) is 14.1. The van der Waals surface area contributed by atoms with Gasteiger partial charge in [-0.2, -0.15) is 10.1 Å². The molecule has 2 saturated heterocycles. The first kappa shape index (κ1) is 34.5. The van der Waals surface area contributed by atoms with Gasteiger partial charge < -0.3 is 24.9 Å². The van der Waals surface area contributed by atoms with Crippen LogP contribution in [0.5, 0.6) is 0 Å². The Morgan fingerprint density at radius 3 is 2.28 bits per heavy atom. The lowest BCUT2D eigenvalue weighted by atomic mass is 10.3. The number of anilines is 6. The highest BCUT2D eigenvalue weighted by Gasteiger charge is 2.30. The molecule has 2 aliphatic heterocycles. The van der Waals surface area contributed by atoms with Gasteiger partial charge in [0.1, 0.15) is 30.2 Å². The number of nitrogens with zero attached hydrogens (tertiary/aromatic N) is 14. The molecule has 0 saturated carbocycles. The van der Waals surface area contributed by atoms with E-state index in [4.69, 9.17) is 5.10 Å². The fourth-order valence-electron chi connectivity index (χ4n) is 6.48. The highest BCUT2D eigenvalue weighted by molar-refractivity contribution is 6.03. The summed E-state index contributed by atoms with van der Waals surface area (Å²) in [5, 5.41) is 22.9. The van der Waals surface area contributed by atoms with E-state index in [9.17, 15) is 18.4 Å². The van der Waals surface area contributed by atoms with Gasteiger partial charge in [0.25, 0.3) is 11.6 Å². The van der Waals surface area contributed by atoms with Crippen LogP contribution in [0.1, 0.15) is 33.8 Å². The third-order valence-electron chi connectivity index (χ3n) is 9.34. The molecule has 0 aromatic carbocycles. The number of amides is 2. The predicted molar refractivity (Wildman–Crippen MR) is 195 cm³/mol. The van der Waals surface area contributed by atoms with Gasteiger partial charge in [0, 0.05) is 52.6 Å². The summed E-state index contributed by atoms with van der Waals surface area (Å²) in [4.78, 5) is 47.6. The molecule has 278 valence electrons. The Morgan fingerprint density at radius 1 is 0.870 bits per heavy atom. The van der Waals surface area contributed by atoms with Gasteiger partial charge in [-0.05, 0) is 37.1 Å². The average molecular weight is 740 g/mol. The van der Waals surface area contributed by atoms with Gasteiger partial charge >= 0.3 is 11.6 Å². The maximum absolute atomic E-state index is 14.1. The number of nitrogens with one attached hydrogen (secondary N) is 2. The molecule has 0 aliphatic carbocycles. The van der Waals surface area contributed by atoms with Crippen LogP contribution in [0.4, 0.5) is 43.7 Å². The van der Waals surface area contributed by atoms with Crippen LogP contribution in [0.2, 0.25) is 0 Å². The van der Waals surface area contributed by atoms with Crippen LogP contribution in [-0.4, -0.2) is 116 Å². The molecular formula is C34H37F2N16O2+. The number of hydrogen-bond donors (Lipinski definition) is 2. The molecule has 6 aromatic rings. The summed E-state index contributed by atoms with van der Waals surface area (Å²) >= 11 is 0. The molecule has 8 heterocycles. The van der Waals surface area contributed by atoms with Crippen LogP contribution in [0.15, 0.2) is 61.2 Å². The standard InChI is InChI=1S/C34H36F2N16O2/c1-46(2)23-14-26(43-39-15-23)40-33(54)25-19-50(31-7-6-30(45-52(25)31)49-13-10-22(36)18-49)20-47(3)28-8-11-37-34(41-28)42-32(53)24-16-38-27-4-5-29(44-51(24)27)48-12-9-21(35)17-48/h4-8,11,14-16,19,21-22H,9-10,12-13,17-18,20H2,1-3H3,(H-,37,40,41,42,43,53,54)/p+1/t21-,22-/m0/s1. The fraction of sp³-hybridized carbons (Fsp3) is 0.353. The molecule has 2 amide bonds. The minimum absolute atomic E-state index is 0.0474. The zero-order valence-electron chi connectivity index (χ0n) is 29.7. The Bertz CT molecular complexity index is 2370. The van der Waals surface area contributed by atoms with E-state index in [2.05, 4.69) is 40.9 Å². The molecule has 6 aromatic heterocycles. The Morgan fingerprint density at radius 2 is 1.57 bits per heavy atom. The zero-order valence-corrected chi connectivity index (χ0v) is 29.7. The van der Waals surface area contributed by atoms with Crippen LogP contribution in [-0.2, 0) is 6.67 Å². The van der Waals surface area contributed by atoms with Crippen LogP contribution in [0.25, 0.3) is 11.3 Å². The fourth-order valence-corrected chi connectivity index (χ4v) is 6.48. The van der Waals surface area contributed by atoms with Gasteiger partial charge in [-0.3, -0.25) is 14.9 Å². The van der Waals surface area contributed by atoms with Crippen LogP contribution in [0, 0.1) is 0 Å². The maximum atomic E-state index is 14.1. The van der Waals surface area contributed by atoms with Crippen molar-refractivity contribution in [1.82, 2.24) is 44.4 Å². The summed E-state index contributed by atoms with van der Waals surface area (Å²) in [7, 11) is 5.52. The Kier molecular flexibility index (Phi) is 8.99. The van der Waals surface area contributed by atoms with E-state index < -0.39 is 24.2 Å². The molecule has 0 unspecified atom stereocenters. The first-order chi connectivity index (χ1) is 26.1. The van der Waals surface area contributed by atoms with Crippen molar-refractivity contribution >= 4 is 58.0 Å². The number of imidazole rings is 2. The zero-order chi connectivity index (χ0) is 37.5. The summed E-state index contributed by atoms with van der Waals surface area (Å²) in [5.74, 6) is 0.871. The summed E-state index contributed by atoms with van der Waals surface area (Å²) in [6, 6.07) is 10.5. The number of halogens is 2. The summed E-state index contributed by atoms with van der Waals surface area (Å²) in [5.41, 5.74) is 2.17. The summed E-state index contributed by atoms with van der Waals surface area (Å²) in [6.45, 7) is 1.72. The van der Waals surface area contributed by atoms with Crippen LogP contribution >= 0.6 is 0 Å². The van der Waals surface area contributed by atoms with Crippen molar-refractivity contribution < 1.29 is 22.9 Å². The van der Waals surface area contributed by atoms with E-state index in [1.165, 1.54) is 21.4 Å². The summed E-state index contributed by atoms with van der Waals surface area (Å²) in [6.07, 6.45) is 5.14. The lowest BCUT2D eigenvalue weighted by Crippen LogP contribution is -2.42. The molecular weight excluding hydrogens is 702 g/mol. The summed E-state index contributed by atoms with van der Waals surface area (Å²) < 4.78 is 32.7. The van der Waals surface area contributed by atoms with Crippen molar-refractivity contribution in [2.24, 2.45) is 0 Å². The Labute approximate surface area is 307 Å². The topological polar surface area (TPSA) is 174 Å². The molecule has 20 heteroatoms. The largest absolute Gasteiger partial charge is 0.376 e. The van der Waals surface area contributed by atoms with Gasteiger partial charge in [-0.15, -0.1) is 10.2 Å². The molecule has 18 nitrogen and oxygen atoms in total. The Hall–Kier alpha value is -6.60. The maximum Gasteiger partial charge on any atom is 0.309 e. The van der Waals surface area contributed by atoms with Gasteiger partial charge in [0.2, 0.25) is 5.95 Å². The highest BCUT2D eigenvalue weighted by atomic mass is 19.1.